The van der Waals surface area contributed by atoms with Crippen LogP contribution in [0.15, 0.2) is 18.2 Å². The quantitative estimate of drug-likeness (QED) is 0.892. The third kappa shape index (κ3) is 4.57. The Balaban J connectivity index is 2.55. The third-order valence-electron chi connectivity index (χ3n) is 2.50. The number of rotatable bonds is 5. The molecule has 1 amide bonds. The molecule has 0 saturated carbocycles. The molecule has 0 aliphatic carbocycles. The lowest BCUT2D eigenvalue weighted by Crippen LogP contribution is -2.38. The number of carbonyl (C=O) groups excluding carboxylic acids is 1. The van der Waals surface area contributed by atoms with E-state index in [1.807, 2.05) is 26.8 Å². The van der Waals surface area contributed by atoms with Gasteiger partial charge in [-0.1, -0.05) is 25.4 Å². The Bertz CT molecular complexity index is 418. The van der Waals surface area contributed by atoms with Gasteiger partial charge >= 0.3 is 0 Å². The molecule has 3 nitrogen and oxygen atoms in total. The Morgan fingerprint density at radius 1 is 1.39 bits per heavy atom. The second kappa shape index (κ2) is 6.64. The molecule has 0 spiro atoms. The van der Waals surface area contributed by atoms with Crippen LogP contribution in [-0.2, 0) is 4.79 Å². The minimum absolute atomic E-state index is 0.101. The van der Waals surface area contributed by atoms with Crippen molar-refractivity contribution in [2.45, 2.75) is 33.8 Å². The predicted octanol–water partition coefficient (Wildman–Crippen LogP) is 3.19. The molecule has 0 saturated heterocycles. The van der Waals surface area contributed by atoms with Crippen LogP contribution in [-0.4, -0.2) is 18.6 Å². The SMILES string of the molecule is Cc1cc(OC(C)C(=O)NCC(C)C)ccc1Cl. The Morgan fingerprint density at radius 3 is 2.61 bits per heavy atom. The first-order valence-electron chi connectivity index (χ1n) is 6.10. The van der Waals surface area contributed by atoms with E-state index < -0.39 is 6.10 Å². The van der Waals surface area contributed by atoms with Gasteiger partial charge in [-0.3, -0.25) is 4.79 Å². The van der Waals surface area contributed by atoms with Gasteiger partial charge < -0.3 is 10.1 Å². The molecule has 0 aromatic heterocycles. The first kappa shape index (κ1) is 14.8. The molecule has 1 N–H and O–H groups in total. The number of hydrogen-bond acceptors (Lipinski definition) is 2. The average molecular weight is 270 g/mol. The summed E-state index contributed by atoms with van der Waals surface area (Å²) >= 11 is 5.93. The fraction of sp³-hybridized carbons (Fsp3) is 0.500. The number of aryl methyl sites for hydroxylation is 1. The molecule has 0 aliphatic rings. The van der Waals surface area contributed by atoms with Gasteiger partial charge in [0.15, 0.2) is 6.10 Å². The molecule has 0 aliphatic heterocycles. The second-order valence-electron chi connectivity index (χ2n) is 4.81. The van der Waals surface area contributed by atoms with E-state index in [0.717, 1.165) is 5.56 Å². The first-order valence-corrected chi connectivity index (χ1v) is 6.48. The van der Waals surface area contributed by atoms with E-state index in [0.29, 0.717) is 23.2 Å². The molecule has 0 heterocycles. The molecule has 0 fully saturated rings. The van der Waals surface area contributed by atoms with Crippen molar-refractivity contribution in [2.24, 2.45) is 5.92 Å². The number of benzene rings is 1. The molecule has 0 radical (unpaired) electrons. The third-order valence-corrected chi connectivity index (χ3v) is 2.92. The summed E-state index contributed by atoms with van der Waals surface area (Å²) in [4.78, 5) is 11.7. The summed E-state index contributed by atoms with van der Waals surface area (Å²) in [6.07, 6.45) is -0.510. The van der Waals surface area contributed by atoms with Crippen LogP contribution in [0.3, 0.4) is 0 Å². The maximum Gasteiger partial charge on any atom is 0.260 e. The molecule has 1 rings (SSSR count). The lowest BCUT2D eigenvalue weighted by Gasteiger charge is -2.16. The van der Waals surface area contributed by atoms with Crippen molar-refractivity contribution in [3.63, 3.8) is 0 Å². The minimum Gasteiger partial charge on any atom is -0.481 e. The predicted molar refractivity (Wildman–Crippen MR) is 74.1 cm³/mol. The monoisotopic (exact) mass is 269 g/mol. The fourth-order valence-electron chi connectivity index (χ4n) is 1.40. The van der Waals surface area contributed by atoms with E-state index in [4.69, 9.17) is 16.3 Å². The maximum atomic E-state index is 11.7. The number of halogens is 1. The van der Waals surface area contributed by atoms with Crippen LogP contribution in [0.5, 0.6) is 5.75 Å². The first-order chi connectivity index (χ1) is 8.40. The summed E-state index contributed by atoms with van der Waals surface area (Å²) in [5, 5.41) is 3.53. The number of hydrogen-bond donors (Lipinski definition) is 1. The van der Waals surface area contributed by atoms with Gasteiger partial charge in [0.2, 0.25) is 0 Å². The molecule has 1 aromatic carbocycles. The summed E-state index contributed by atoms with van der Waals surface area (Å²) in [7, 11) is 0. The van der Waals surface area contributed by atoms with E-state index in [-0.39, 0.29) is 5.91 Å². The molecule has 1 aromatic rings. The van der Waals surface area contributed by atoms with Crippen LogP contribution in [0.1, 0.15) is 26.3 Å². The topological polar surface area (TPSA) is 38.3 Å². The normalized spacial score (nSPS) is 12.3. The van der Waals surface area contributed by atoms with Crippen LogP contribution in [0.25, 0.3) is 0 Å². The van der Waals surface area contributed by atoms with Crippen molar-refractivity contribution in [3.8, 4) is 5.75 Å². The van der Waals surface area contributed by atoms with E-state index >= 15 is 0 Å². The van der Waals surface area contributed by atoms with Gasteiger partial charge in [-0.25, -0.2) is 0 Å². The van der Waals surface area contributed by atoms with Crippen LogP contribution in [0.2, 0.25) is 5.02 Å². The molecule has 1 unspecified atom stereocenters. The van der Waals surface area contributed by atoms with E-state index in [2.05, 4.69) is 5.32 Å². The van der Waals surface area contributed by atoms with Crippen molar-refractivity contribution in [3.05, 3.63) is 28.8 Å². The summed E-state index contributed by atoms with van der Waals surface area (Å²) in [6.45, 7) is 8.40. The highest BCUT2D eigenvalue weighted by molar-refractivity contribution is 6.31. The van der Waals surface area contributed by atoms with E-state index in [9.17, 15) is 4.79 Å². The van der Waals surface area contributed by atoms with Gasteiger partial charge in [0.25, 0.3) is 5.91 Å². The van der Waals surface area contributed by atoms with Gasteiger partial charge in [-0.05, 0) is 43.5 Å². The fourth-order valence-corrected chi connectivity index (χ4v) is 1.51. The zero-order chi connectivity index (χ0) is 13.7. The molecule has 1 atom stereocenters. The number of ether oxygens (including phenoxy) is 1. The van der Waals surface area contributed by atoms with E-state index in [1.54, 1.807) is 19.1 Å². The van der Waals surface area contributed by atoms with Crippen molar-refractivity contribution >= 4 is 17.5 Å². The van der Waals surface area contributed by atoms with Gasteiger partial charge in [-0.15, -0.1) is 0 Å². The molecule has 100 valence electrons. The van der Waals surface area contributed by atoms with Crippen LogP contribution < -0.4 is 10.1 Å². The average Bonchev–Trinajstić information content (AvgIpc) is 2.30. The van der Waals surface area contributed by atoms with Crippen LogP contribution in [0, 0.1) is 12.8 Å². The smallest absolute Gasteiger partial charge is 0.260 e. The zero-order valence-corrected chi connectivity index (χ0v) is 12.0. The highest BCUT2D eigenvalue weighted by Gasteiger charge is 2.14. The molecule has 18 heavy (non-hydrogen) atoms. The molecule has 4 heteroatoms. The van der Waals surface area contributed by atoms with Crippen molar-refractivity contribution in [1.82, 2.24) is 5.32 Å². The zero-order valence-electron chi connectivity index (χ0n) is 11.3. The summed E-state index contributed by atoms with van der Waals surface area (Å²) in [5.41, 5.74) is 0.934. The van der Waals surface area contributed by atoms with Gasteiger partial charge in [0, 0.05) is 11.6 Å². The highest BCUT2D eigenvalue weighted by Crippen LogP contribution is 2.21. The van der Waals surface area contributed by atoms with Crippen LogP contribution >= 0.6 is 11.6 Å². The molecule has 0 bridgehead atoms. The number of carbonyl (C=O) groups is 1. The minimum atomic E-state index is -0.510. The van der Waals surface area contributed by atoms with Gasteiger partial charge in [-0.2, -0.15) is 0 Å². The summed E-state index contributed by atoms with van der Waals surface area (Å²) < 4.78 is 5.57. The summed E-state index contributed by atoms with van der Waals surface area (Å²) in [6, 6.07) is 5.36. The standard InChI is InChI=1S/C14H20ClNO2/c1-9(2)8-16-14(17)11(4)18-12-5-6-13(15)10(3)7-12/h5-7,9,11H,8H2,1-4H3,(H,16,17). The second-order valence-corrected chi connectivity index (χ2v) is 5.22. The molecular formula is C14H20ClNO2. The van der Waals surface area contributed by atoms with Gasteiger partial charge in [0.1, 0.15) is 5.75 Å². The number of amides is 1. The Morgan fingerprint density at radius 2 is 2.06 bits per heavy atom. The van der Waals surface area contributed by atoms with Crippen molar-refractivity contribution in [2.75, 3.05) is 6.54 Å². The van der Waals surface area contributed by atoms with Crippen molar-refractivity contribution < 1.29 is 9.53 Å². The van der Waals surface area contributed by atoms with E-state index in [1.165, 1.54) is 0 Å². The lowest BCUT2D eigenvalue weighted by molar-refractivity contribution is -0.127. The largest absolute Gasteiger partial charge is 0.481 e. The maximum absolute atomic E-state index is 11.7. The highest BCUT2D eigenvalue weighted by atomic mass is 35.5. The van der Waals surface area contributed by atoms with Crippen molar-refractivity contribution in [1.29, 1.82) is 0 Å². The Hall–Kier alpha value is -1.22. The van der Waals surface area contributed by atoms with Crippen LogP contribution in [0.4, 0.5) is 0 Å². The Kier molecular flexibility index (Phi) is 5.48. The molecular weight excluding hydrogens is 250 g/mol. The number of nitrogens with one attached hydrogen (secondary N) is 1. The Labute approximate surface area is 113 Å². The van der Waals surface area contributed by atoms with Gasteiger partial charge in [0.05, 0.1) is 0 Å². The summed E-state index contributed by atoms with van der Waals surface area (Å²) in [5.74, 6) is 0.985. The lowest BCUT2D eigenvalue weighted by atomic mass is 10.2.